The Hall–Kier alpha value is -2.60. The molecule has 36 heavy (non-hydrogen) atoms. The third-order valence-electron chi connectivity index (χ3n) is 7.34. The summed E-state index contributed by atoms with van der Waals surface area (Å²) in [5.74, 6) is 0. The minimum atomic E-state index is -0.942. The van der Waals surface area contributed by atoms with Gasteiger partial charge in [-0.2, -0.15) is 0 Å². The molecular weight excluding hydrogens is 476 g/mol. The molecule has 0 amide bonds. The Bertz CT molecular complexity index is 1440. The fourth-order valence-electron chi connectivity index (χ4n) is 5.89. The van der Waals surface area contributed by atoms with Gasteiger partial charge in [-0.1, -0.05) is 47.0 Å². The molecule has 3 nitrogen and oxygen atoms in total. The molecule has 0 aliphatic carbocycles. The highest BCUT2D eigenvalue weighted by atomic mass is 31.2. The maximum absolute atomic E-state index is 2.65. The molecule has 0 N–H and O–H groups in total. The van der Waals surface area contributed by atoms with E-state index in [1.807, 2.05) is 0 Å². The van der Waals surface area contributed by atoms with E-state index >= 15 is 0 Å². The van der Waals surface area contributed by atoms with Gasteiger partial charge in [0.05, 0.1) is 16.9 Å². The lowest BCUT2D eigenvalue weighted by Crippen LogP contribution is -2.24. The van der Waals surface area contributed by atoms with E-state index in [-0.39, 0.29) is 0 Å². The van der Waals surface area contributed by atoms with Gasteiger partial charge in [0.25, 0.3) is 0 Å². The summed E-state index contributed by atoms with van der Waals surface area (Å²) < 4.78 is 7.95. The average molecular weight is 514 g/mol. The molecule has 1 aromatic heterocycles. The molecule has 186 valence electrons. The number of rotatable bonds is 3. The highest BCUT2D eigenvalue weighted by Crippen LogP contribution is 2.63. The second kappa shape index (κ2) is 9.05. The van der Waals surface area contributed by atoms with Gasteiger partial charge in [-0.15, -0.1) is 0 Å². The number of nitrogens with zero attached hydrogens (tertiary/aromatic N) is 3. The second-order valence-corrected chi connectivity index (χ2v) is 13.6. The van der Waals surface area contributed by atoms with Gasteiger partial charge in [0.2, 0.25) is 8.37 Å². The van der Waals surface area contributed by atoms with E-state index in [9.17, 15) is 0 Å². The molecule has 0 spiro atoms. The quantitative estimate of drug-likeness (QED) is 0.253. The fourth-order valence-corrected chi connectivity index (χ4v) is 10.4. The largest absolute Gasteiger partial charge is 0.287 e. The van der Waals surface area contributed by atoms with Crippen molar-refractivity contribution >= 4 is 38.6 Å². The van der Waals surface area contributed by atoms with Crippen molar-refractivity contribution < 1.29 is 0 Å². The lowest BCUT2D eigenvalue weighted by atomic mass is 10.0. The first kappa shape index (κ1) is 25.1. The number of anilines is 2. The van der Waals surface area contributed by atoms with E-state index in [1.165, 1.54) is 86.0 Å². The molecule has 0 saturated carbocycles. The number of benzene rings is 3. The minimum Gasteiger partial charge on any atom is -0.287 e. The minimum absolute atomic E-state index is 0.942. The van der Waals surface area contributed by atoms with Crippen LogP contribution in [-0.2, 0) is 0 Å². The lowest BCUT2D eigenvalue weighted by molar-refractivity contribution is 1.15. The number of allylic oxidation sites excluding steroid dienone is 2. The third-order valence-corrected chi connectivity index (χ3v) is 11.2. The molecule has 0 radical (unpaired) electrons. The summed E-state index contributed by atoms with van der Waals surface area (Å²) in [6.07, 6.45) is 0. The summed E-state index contributed by atoms with van der Waals surface area (Å²) in [4.78, 5) is 0. The number of hydrogen-bond acceptors (Lipinski definition) is 2. The van der Waals surface area contributed by atoms with Crippen molar-refractivity contribution in [3.8, 4) is 0 Å². The molecule has 0 atom stereocenters. The van der Waals surface area contributed by atoms with Gasteiger partial charge in [-0.25, -0.2) is 0 Å². The van der Waals surface area contributed by atoms with Crippen LogP contribution >= 0.6 is 16.6 Å². The zero-order valence-electron chi connectivity index (χ0n) is 23.3. The Labute approximate surface area is 219 Å². The fraction of sp³-hybridized carbons (Fsp3) is 0.323. The lowest BCUT2D eigenvalue weighted by Gasteiger charge is -2.38. The van der Waals surface area contributed by atoms with Gasteiger partial charge in [0.15, 0.2) is 0 Å². The van der Waals surface area contributed by atoms with Crippen LogP contribution in [0.5, 0.6) is 0 Å². The third kappa shape index (κ3) is 3.89. The number of aromatic nitrogens is 1. The molecule has 2 heterocycles. The predicted octanol–water partition coefficient (Wildman–Crippen LogP) is 10.0. The molecule has 1 aliphatic heterocycles. The van der Waals surface area contributed by atoms with Crippen LogP contribution in [0.1, 0.15) is 58.2 Å². The van der Waals surface area contributed by atoms with Gasteiger partial charge in [0.1, 0.15) is 0 Å². The van der Waals surface area contributed by atoms with Gasteiger partial charge in [-0.05, 0) is 112 Å². The molecule has 3 aromatic carbocycles. The van der Waals surface area contributed by atoms with E-state index < -0.39 is 8.37 Å². The highest BCUT2D eigenvalue weighted by molar-refractivity contribution is 7.61. The van der Waals surface area contributed by atoms with Gasteiger partial charge >= 0.3 is 0 Å². The Morgan fingerprint density at radius 2 is 1.00 bits per heavy atom. The van der Waals surface area contributed by atoms with Crippen molar-refractivity contribution in [3.05, 3.63) is 98.2 Å². The normalized spacial score (nSPS) is 14.8. The maximum atomic E-state index is 2.65. The summed E-state index contributed by atoms with van der Waals surface area (Å²) in [6, 6.07) is 16.3. The van der Waals surface area contributed by atoms with E-state index in [4.69, 9.17) is 0 Å². The summed E-state index contributed by atoms with van der Waals surface area (Å²) in [7, 11) is 0.365. The SMILES string of the molecule is CC1=C(C)N(c2c(C)cc(C)cc2C)P(n2c(C)pc3cc(C)ccc32)N1c1c(C)cc(C)cc1C. The van der Waals surface area contributed by atoms with Gasteiger partial charge < -0.3 is 0 Å². The second-order valence-electron chi connectivity index (χ2n) is 10.5. The van der Waals surface area contributed by atoms with Crippen molar-refractivity contribution in [1.82, 2.24) is 4.34 Å². The van der Waals surface area contributed by atoms with E-state index in [0.717, 1.165) is 0 Å². The molecule has 0 fully saturated rings. The van der Waals surface area contributed by atoms with Crippen LogP contribution in [0.4, 0.5) is 11.4 Å². The molecule has 0 unspecified atom stereocenters. The average Bonchev–Trinajstić information content (AvgIpc) is 3.20. The zero-order valence-corrected chi connectivity index (χ0v) is 25.1. The topological polar surface area (TPSA) is 11.4 Å². The summed E-state index contributed by atoms with van der Waals surface area (Å²) >= 11 is 0. The van der Waals surface area contributed by atoms with Crippen molar-refractivity contribution in [2.75, 3.05) is 9.34 Å². The van der Waals surface area contributed by atoms with E-state index in [1.54, 1.807) is 0 Å². The molecule has 5 heteroatoms. The number of hydrogen-bond donors (Lipinski definition) is 0. The smallest absolute Gasteiger partial charge is 0.222 e. The summed E-state index contributed by atoms with van der Waals surface area (Å²) in [5, 5.41) is 1.41. The van der Waals surface area contributed by atoms with Crippen LogP contribution in [-0.4, -0.2) is 4.34 Å². The molecule has 1 aliphatic rings. The Balaban J connectivity index is 1.86. The Morgan fingerprint density at radius 1 is 0.556 bits per heavy atom. The monoisotopic (exact) mass is 513 g/mol. The first-order valence-electron chi connectivity index (χ1n) is 12.7. The molecular formula is C31H37N3P2. The first-order valence-corrected chi connectivity index (χ1v) is 14.8. The maximum Gasteiger partial charge on any atom is 0.222 e. The summed E-state index contributed by atoms with van der Waals surface area (Å²) in [6.45, 7) is 22.6. The summed E-state index contributed by atoms with van der Waals surface area (Å²) in [5.41, 5.74) is 17.4. The van der Waals surface area contributed by atoms with Crippen molar-refractivity contribution in [2.24, 2.45) is 0 Å². The van der Waals surface area contributed by atoms with E-state index in [0.29, 0.717) is 0 Å². The zero-order chi connectivity index (χ0) is 26.0. The Kier molecular flexibility index (Phi) is 6.30. The van der Waals surface area contributed by atoms with Crippen LogP contribution < -0.4 is 9.34 Å². The van der Waals surface area contributed by atoms with Gasteiger partial charge in [-0.3, -0.25) is 13.7 Å². The van der Waals surface area contributed by atoms with Crippen LogP contribution in [0.2, 0.25) is 0 Å². The predicted molar refractivity (Wildman–Crippen MR) is 161 cm³/mol. The van der Waals surface area contributed by atoms with Crippen molar-refractivity contribution in [3.63, 3.8) is 0 Å². The van der Waals surface area contributed by atoms with Crippen molar-refractivity contribution in [2.45, 2.75) is 69.2 Å². The number of aryl methyl sites for hydroxylation is 8. The Morgan fingerprint density at radius 3 is 1.44 bits per heavy atom. The standard InChI is InChI=1S/C31H37N3P2/c1-18-11-12-28-29(17-18)35-27(10)34(28)36-32(30-21(4)13-19(2)14-22(30)5)25(8)26(9)33(36)31-23(6)15-20(3)16-24(31)7/h11-17H,1-10H3. The molecule has 5 rings (SSSR count). The molecule has 0 saturated heterocycles. The number of fused-ring (bicyclic) bond motifs is 1. The highest BCUT2D eigenvalue weighted by Gasteiger charge is 2.42. The van der Waals surface area contributed by atoms with Crippen LogP contribution in [0.15, 0.2) is 53.9 Å². The van der Waals surface area contributed by atoms with Crippen molar-refractivity contribution in [1.29, 1.82) is 0 Å². The first-order chi connectivity index (χ1) is 17.0. The van der Waals surface area contributed by atoms with Crippen LogP contribution in [0.3, 0.4) is 0 Å². The van der Waals surface area contributed by atoms with Gasteiger partial charge in [0, 0.05) is 21.9 Å². The van der Waals surface area contributed by atoms with Crippen LogP contribution in [0, 0.1) is 55.4 Å². The van der Waals surface area contributed by atoms with Crippen LogP contribution in [0.25, 0.3) is 10.6 Å². The van der Waals surface area contributed by atoms with E-state index in [2.05, 4.69) is 125 Å². The molecule has 0 bridgehead atoms. The molecule has 4 aromatic rings.